The maximum absolute atomic E-state index is 10.5. The summed E-state index contributed by atoms with van der Waals surface area (Å²) < 4.78 is 0. The molecule has 0 aliphatic heterocycles. The highest BCUT2D eigenvalue weighted by atomic mass is 16.4. The second-order valence-corrected chi connectivity index (χ2v) is 4.24. The number of aliphatic carboxylic acids is 1. The first kappa shape index (κ1) is 13.0. The molecule has 2 N–H and O–H groups in total. The van der Waals surface area contributed by atoms with Crippen LogP contribution in [0.4, 0.5) is 11.4 Å². The predicted octanol–water partition coefficient (Wildman–Crippen LogP) is 2.55. The maximum Gasteiger partial charge on any atom is 0.303 e. The third-order valence-electron chi connectivity index (χ3n) is 2.62. The fourth-order valence-electron chi connectivity index (χ4n) is 1.68. The summed E-state index contributed by atoms with van der Waals surface area (Å²) >= 11 is 0. The normalized spacial score (nSPS) is 10.2. The fourth-order valence-corrected chi connectivity index (χ4v) is 1.68. The van der Waals surface area contributed by atoms with E-state index in [1.807, 2.05) is 31.2 Å². The Balaban J connectivity index is 2.06. The minimum Gasteiger partial charge on any atom is -0.481 e. The molecule has 0 unspecified atom stereocenters. The quantitative estimate of drug-likeness (QED) is 0.861. The van der Waals surface area contributed by atoms with Crippen LogP contribution in [0, 0.1) is 6.92 Å². The third kappa shape index (κ3) is 4.06. The number of benzene rings is 1. The predicted molar refractivity (Wildman–Crippen MR) is 72.5 cm³/mol. The van der Waals surface area contributed by atoms with Crippen molar-refractivity contribution in [3.05, 3.63) is 48.0 Å². The van der Waals surface area contributed by atoms with Crippen molar-refractivity contribution in [1.29, 1.82) is 0 Å². The molecule has 0 aliphatic carbocycles. The van der Waals surface area contributed by atoms with Crippen LogP contribution in [-0.4, -0.2) is 21.0 Å². The van der Waals surface area contributed by atoms with E-state index < -0.39 is 5.97 Å². The molecule has 5 heteroatoms. The molecule has 0 spiro atoms. The molecule has 19 heavy (non-hydrogen) atoms. The second-order valence-electron chi connectivity index (χ2n) is 4.24. The van der Waals surface area contributed by atoms with E-state index in [9.17, 15) is 4.79 Å². The fraction of sp³-hybridized carbons (Fsp3) is 0.214. The van der Waals surface area contributed by atoms with Gasteiger partial charge in [-0.3, -0.25) is 4.79 Å². The summed E-state index contributed by atoms with van der Waals surface area (Å²) in [5.74, 6) is -0.0638. The molecule has 1 aromatic heterocycles. The van der Waals surface area contributed by atoms with Crippen LogP contribution in [0.2, 0.25) is 0 Å². The molecule has 0 saturated heterocycles. The monoisotopic (exact) mass is 257 g/mol. The van der Waals surface area contributed by atoms with Crippen LogP contribution >= 0.6 is 0 Å². The number of rotatable bonds is 5. The first-order valence-corrected chi connectivity index (χ1v) is 6.00. The molecule has 2 rings (SSSR count). The minimum absolute atomic E-state index is 0.136. The number of anilines is 2. The molecule has 5 nitrogen and oxygen atoms in total. The molecule has 0 atom stereocenters. The molecular weight excluding hydrogens is 242 g/mol. The smallest absolute Gasteiger partial charge is 0.303 e. The lowest BCUT2D eigenvalue weighted by atomic mass is 10.1. The van der Waals surface area contributed by atoms with Crippen LogP contribution in [0.25, 0.3) is 0 Å². The Bertz CT molecular complexity index is 567. The van der Waals surface area contributed by atoms with Gasteiger partial charge in [-0.05, 0) is 31.0 Å². The lowest BCUT2D eigenvalue weighted by Crippen LogP contribution is -1.98. The number of nitrogens with one attached hydrogen (secondary N) is 1. The summed E-state index contributed by atoms with van der Waals surface area (Å²) in [6.45, 7) is 1.83. The lowest BCUT2D eigenvalue weighted by Gasteiger charge is -2.07. The van der Waals surface area contributed by atoms with Crippen LogP contribution in [0.5, 0.6) is 0 Å². The Morgan fingerprint density at radius 2 is 2.00 bits per heavy atom. The summed E-state index contributed by atoms with van der Waals surface area (Å²) in [5, 5.41) is 11.9. The van der Waals surface area contributed by atoms with Crippen LogP contribution in [-0.2, 0) is 11.2 Å². The van der Waals surface area contributed by atoms with Gasteiger partial charge in [0.1, 0.15) is 5.82 Å². The van der Waals surface area contributed by atoms with Crippen molar-refractivity contribution in [2.75, 3.05) is 5.32 Å². The van der Waals surface area contributed by atoms with Crippen molar-refractivity contribution in [2.45, 2.75) is 19.8 Å². The van der Waals surface area contributed by atoms with Gasteiger partial charge in [0, 0.05) is 12.1 Å². The molecule has 0 amide bonds. The molecule has 0 saturated carbocycles. The average Bonchev–Trinajstić information content (AvgIpc) is 2.40. The molecule has 0 bridgehead atoms. The third-order valence-corrected chi connectivity index (χ3v) is 2.62. The first-order valence-electron chi connectivity index (χ1n) is 6.00. The van der Waals surface area contributed by atoms with Gasteiger partial charge in [0.2, 0.25) is 0 Å². The second kappa shape index (κ2) is 5.95. The topological polar surface area (TPSA) is 75.1 Å². The maximum atomic E-state index is 10.5. The van der Waals surface area contributed by atoms with Crippen molar-refractivity contribution in [1.82, 2.24) is 9.97 Å². The summed E-state index contributed by atoms with van der Waals surface area (Å²) in [4.78, 5) is 18.8. The SMILES string of the molecule is Cc1ncc(Nc2cccc(CCC(=O)O)c2)cn1. The number of carbonyl (C=O) groups is 1. The molecular formula is C14H15N3O2. The molecule has 0 radical (unpaired) electrons. The highest BCUT2D eigenvalue weighted by molar-refractivity contribution is 5.67. The summed E-state index contributed by atoms with van der Waals surface area (Å²) in [6.07, 6.45) is 4.09. The summed E-state index contributed by atoms with van der Waals surface area (Å²) in [5.41, 5.74) is 2.69. The summed E-state index contributed by atoms with van der Waals surface area (Å²) in [7, 11) is 0. The highest BCUT2D eigenvalue weighted by Gasteiger charge is 2.01. The Morgan fingerprint density at radius 3 is 2.68 bits per heavy atom. The van der Waals surface area contributed by atoms with E-state index in [0.717, 1.165) is 22.8 Å². The Morgan fingerprint density at radius 1 is 1.26 bits per heavy atom. The zero-order chi connectivity index (χ0) is 13.7. The van der Waals surface area contributed by atoms with Gasteiger partial charge in [-0.15, -0.1) is 0 Å². The van der Waals surface area contributed by atoms with Gasteiger partial charge in [-0.25, -0.2) is 9.97 Å². The molecule has 98 valence electrons. The number of hydrogen-bond acceptors (Lipinski definition) is 4. The van der Waals surface area contributed by atoms with E-state index in [4.69, 9.17) is 5.11 Å². The van der Waals surface area contributed by atoms with Gasteiger partial charge < -0.3 is 10.4 Å². The number of hydrogen-bond donors (Lipinski definition) is 2. The van der Waals surface area contributed by atoms with E-state index in [-0.39, 0.29) is 6.42 Å². The van der Waals surface area contributed by atoms with Gasteiger partial charge >= 0.3 is 5.97 Å². The number of aryl methyl sites for hydroxylation is 2. The van der Waals surface area contributed by atoms with E-state index in [2.05, 4.69) is 15.3 Å². The van der Waals surface area contributed by atoms with Crippen molar-refractivity contribution >= 4 is 17.3 Å². The Labute approximate surface area is 111 Å². The largest absolute Gasteiger partial charge is 0.481 e. The molecule has 2 aromatic rings. The van der Waals surface area contributed by atoms with Crippen molar-refractivity contribution in [2.24, 2.45) is 0 Å². The van der Waals surface area contributed by atoms with Crippen molar-refractivity contribution in [3.63, 3.8) is 0 Å². The zero-order valence-electron chi connectivity index (χ0n) is 10.6. The molecule has 1 aromatic carbocycles. The number of nitrogens with zero attached hydrogens (tertiary/aromatic N) is 2. The van der Waals surface area contributed by atoms with E-state index in [0.29, 0.717) is 6.42 Å². The average molecular weight is 257 g/mol. The molecule has 0 fully saturated rings. The Kier molecular flexibility index (Phi) is 4.07. The van der Waals surface area contributed by atoms with Crippen LogP contribution in [0.3, 0.4) is 0 Å². The molecule has 1 heterocycles. The van der Waals surface area contributed by atoms with Gasteiger partial charge in [-0.1, -0.05) is 12.1 Å². The van der Waals surface area contributed by atoms with E-state index >= 15 is 0 Å². The number of carboxylic acids is 1. The van der Waals surface area contributed by atoms with Gasteiger partial charge in [0.15, 0.2) is 0 Å². The molecule has 0 aliphatic rings. The van der Waals surface area contributed by atoms with E-state index in [1.54, 1.807) is 12.4 Å². The van der Waals surface area contributed by atoms with Gasteiger partial charge in [-0.2, -0.15) is 0 Å². The van der Waals surface area contributed by atoms with E-state index in [1.165, 1.54) is 0 Å². The van der Waals surface area contributed by atoms with Crippen LogP contribution in [0.1, 0.15) is 17.8 Å². The van der Waals surface area contributed by atoms with Crippen LogP contribution in [0.15, 0.2) is 36.7 Å². The van der Waals surface area contributed by atoms with Crippen molar-refractivity contribution < 1.29 is 9.90 Å². The minimum atomic E-state index is -0.787. The van der Waals surface area contributed by atoms with Gasteiger partial charge in [0.05, 0.1) is 18.1 Å². The van der Waals surface area contributed by atoms with Crippen molar-refractivity contribution in [3.8, 4) is 0 Å². The summed E-state index contributed by atoms with van der Waals surface area (Å²) in [6, 6.07) is 7.67. The Hall–Kier alpha value is -2.43. The highest BCUT2D eigenvalue weighted by Crippen LogP contribution is 2.17. The first-order chi connectivity index (χ1) is 9.13. The standard InChI is InChI=1S/C14H15N3O2/c1-10-15-8-13(9-16-10)17-12-4-2-3-11(7-12)5-6-14(18)19/h2-4,7-9,17H,5-6H2,1H3,(H,18,19). The van der Waals surface area contributed by atoms with Gasteiger partial charge in [0.25, 0.3) is 0 Å². The number of carboxylic acid groups (broad SMARTS) is 1. The zero-order valence-corrected chi connectivity index (χ0v) is 10.6. The lowest BCUT2D eigenvalue weighted by molar-refractivity contribution is -0.136. The number of aromatic nitrogens is 2. The van der Waals surface area contributed by atoms with Crippen LogP contribution < -0.4 is 5.32 Å².